The molecular weight excluding hydrogens is 474 g/mol. The zero-order chi connectivity index (χ0) is 25.2. The van der Waals surface area contributed by atoms with Crippen molar-refractivity contribution in [1.29, 1.82) is 0 Å². The second kappa shape index (κ2) is 10.6. The lowest BCUT2D eigenvalue weighted by Crippen LogP contribution is -2.50. The van der Waals surface area contributed by atoms with Gasteiger partial charge in [0.2, 0.25) is 11.9 Å². The molecule has 2 aliphatic heterocycles. The van der Waals surface area contributed by atoms with Crippen molar-refractivity contribution in [2.45, 2.75) is 44.9 Å². The highest BCUT2D eigenvalue weighted by Gasteiger charge is 2.28. The molecule has 0 aliphatic carbocycles. The molecule has 2 aliphatic rings. The number of anilines is 2. The molecule has 36 heavy (non-hydrogen) atoms. The van der Waals surface area contributed by atoms with Gasteiger partial charge in [0.25, 0.3) is 0 Å². The Balaban J connectivity index is 1.27. The number of thioether (sulfide) groups is 1. The van der Waals surface area contributed by atoms with Gasteiger partial charge in [-0.1, -0.05) is 23.9 Å². The van der Waals surface area contributed by atoms with Crippen LogP contribution in [0.5, 0.6) is 0 Å². The van der Waals surface area contributed by atoms with Crippen LogP contribution in [0.4, 0.5) is 11.8 Å². The lowest BCUT2D eigenvalue weighted by Gasteiger charge is -2.36. The molecule has 2 unspecified atom stereocenters. The summed E-state index contributed by atoms with van der Waals surface area (Å²) in [5.41, 5.74) is 3.62. The number of para-hydroxylation sites is 2. The topological polar surface area (TPSA) is 87.6 Å². The number of rotatable bonds is 5. The monoisotopic (exact) mass is 507 g/mol. The molecule has 0 N–H and O–H groups in total. The fraction of sp³-hybridized carbons (Fsp3) is 0.500. The second-order valence-corrected chi connectivity index (χ2v) is 10.6. The quantitative estimate of drug-likeness (QED) is 0.484. The van der Waals surface area contributed by atoms with E-state index in [1.807, 2.05) is 49.1 Å². The van der Waals surface area contributed by atoms with Crippen LogP contribution in [0.25, 0.3) is 11.0 Å². The van der Waals surface area contributed by atoms with Crippen molar-refractivity contribution in [3.8, 4) is 0 Å². The maximum absolute atomic E-state index is 13.2. The summed E-state index contributed by atoms with van der Waals surface area (Å²) in [6.07, 6.45) is 0.220. The smallest absolute Gasteiger partial charge is 0.233 e. The Morgan fingerprint density at radius 3 is 2.17 bits per heavy atom. The first-order valence-corrected chi connectivity index (χ1v) is 13.5. The number of nitrogens with zero attached hydrogens (tertiary/aromatic N) is 7. The Labute approximate surface area is 216 Å². The first-order chi connectivity index (χ1) is 17.4. The van der Waals surface area contributed by atoms with Gasteiger partial charge in [-0.3, -0.25) is 4.79 Å². The van der Waals surface area contributed by atoms with Crippen molar-refractivity contribution in [1.82, 2.24) is 24.8 Å². The molecule has 2 aromatic heterocycles. The summed E-state index contributed by atoms with van der Waals surface area (Å²) < 4.78 is 5.93. The number of aromatic nitrogens is 4. The van der Waals surface area contributed by atoms with E-state index in [4.69, 9.17) is 14.7 Å². The normalized spacial score (nSPS) is 20.7. The second-order valence-electron chi connectivity index (χ2n) is 9.61. The SMILES string of the molecule is Cc1cc(C)nc(N2CCN(C(=O)CSc3nc4ccccc4nc3N3CC(C)OC(C)C3)CC2)n1. The highest BCUT2D eigenvalue weighted by atomic mass is 32.2. The predicted molar refractivity (Wildman–Crippen MR) is 143 cm³/mol. The molecule has 10 heteroatoms. The average Bonchev–Trinajstić information content (AvgIpc) is 2.85. The number of amides is 1. The van der Waals surface area contributed by atoms with Gasteiger partial charge in [-0.25, -0.2) is 19.9 Å². The van der Waals surface area contributed by atoms with Crippen LogP contribution < -0.4 is 9.80 Å². The van der Waals surface area contributed by atoms with Gasteiger partial charge >= 0.3 is 0 Å². The van der Waals surface area contributed by atoms with E-state index in [0.717, 1.165) is 65.4 Å². The van der Waals surface area contributed by atoms with Crippen LogP contribution in [-0.2, 0) is 9.53 Å². The number of carbonyl (C=O) groups excluding carboxylic acids is 1. The van der Waals surface area contributed by atoms with Crippen LogP contribution in [0.2, 0.25) is 0 Å². The van der Waals surface area contributed by atoms with E-state index in [9.17, 15) is 4.79 Å². The van der Waals surface area contributed by atoms with Crippen molar-refractivity contribution in [2.24, 2.45) is 0 Å². The summed E-state index contributed by atoms with van der Waals surface area (Å²) in [5, 5.41) is 0.797. The van der Waals surface area contributed by atoms with Gasteiger partial charge < -0.3 is 19.4 Å². The van der Waals surface area contributed by atoms with Gasteiger partial charge in [-0.05, 0) is 45.9 Å². The molecule has 9 nitrogen and oxygen atoms in total. The van der Waals surface area contributed by atoms with Gasteiger partial charge in [0, 0.05) is 50.7 Å². The molecule has 2 atom stereocenters. The number of benzene rings is 1. The maximum atomic E-state index is 13.2. The van der Waals surface area contributed by atoms with Crippen LogP contribution in [-0.4, -0.2) is 88.0 Å². The molecule has 190 valence electrons. The Morgan fingerprint density at radius 2 is 1.53 bits per heavy atom. The summed E-state index contributed by atoms with van der Waals surface area (Å²) in [7, 11) is 0. The van der Waals surface area contributed by atoms with E-state index >= 15 is 0 Å². The van der Waals surface area contributed by atoms with Gasteiger partial charge in [0.05, 0.1) is 29.0 Å². The van der Waals surface area contributed by atoms with Crippen molar-refractivity contribution >= 4 is 40.5 Å². The minimum Gasteiger partial charge on any atom is -0.372 e. The van der Waals surface area contributed by atoms with Crippen LogP contribution in [0.1, 0.15) is 25.2 Å². The molecule has 2 fully saturated rings. The third-order valence-corrected chi connectivity index (χ3v) is 7.40. The number of carbonyl (C=O) groups is 1. The molecule has 5 rings (SSSR count). The number of ether oxygens (including phenoxy) is 1. The highest BCUT2D eigenvalue weighted by Crippen LogP contribution is 2.31. The minimum absolute atomic E-state index is 0.110. The van der Waals surface area contributed by atoms with Crippen LogP contribution in [0, 0.1) is 13.8 Å². The fourth-order valence-corrected chi connectivity index (χ4v) is 5.76. The van der Waals surface area contributed by atoms with Crippen molar-refractivity contribution in [3.05, 3.63) is 41.7 Å². The predicted octanol–water partition coefficient (Wildman–Crippen LogP) is 3.09. The molecule has 1 aromatic carbocycles. The summed E-state index contributed by atoms with van der Waals surface area (Å²) >= 11 is 1.48. The molecule has 1 amide bonds. The first-order valence-electron chi connectivity index (χ1n) is 12.5. The number of morpholine rings is 1. The Bertz CT molecular complexity index is 1220. The number of hydrogen-bond acceptors (Lipinski definition) is 9. The van der Waals surface area contributed by atoms with E-state index in [0.29, 0.717) is 18.8 Å². The zero-order valence-electron chi connectivity index (χ0n) is 21.3. The van der Waals surface area contributed by atoms with E-state index in [2.05, 4.69) is 33.6 Å². The lowest BCUT2D eigenvalue weighted by atomic mass is 10.2. The number of aryl methyl sites for hydroxylation is 2. The molecule has 0 saturated carbocycles. The molecule has 0 spiro atoms. The van der Waals surface area contributed by atoms with E-state index in [1.165, 1.54) is 11.8 Å². The van der Waals surface area contributed by atoms with E-state index in [-0.39, 0.29) is 18.1 Å². The summed E-state index contributed by atoms with van der Waals surface area (Å²) in [6, 6.07) is 9.87. The molecule has 0 bridgehead atoms. The van der Waals surface area contributed by atoms with E-state index < -0.39 is 0 Å². The molecule has 2 saturated heterocycles. The first kappa shape index (κ1) is 24.7. The summed E-state index contributed by atoms with van der Waals surface area (Å²) in [4.78, 5) is 38.5. The standard InChI is InChI=1S/C26H33N7O2S/c1-17-13-18(2)28-26(27-17)32-11-9-31(10-12-32)23(34)16-36-25-24(33-14-19(3)35-20(4)15-33)29-21-7-5-6-8-22(21)30-25/h5-8,13,19-20H,9-12,14-16H2,1-4H3. The number of fused-ring (bicyclic) bond motifs is 1. The molecule has 4 heterocycles. The van der Waals surface area contributed by atoms with Crippen molar-refractivity contribution in [3.63, 3.8) is 0 Å². The number of piperazine rings is 1. The Hall–Kier alpha value is -2.98. The molecular formula is C26H33N7O2S. The van der Waals surface area contributed by atoms with Crippen molar-refractivity contribution in [2.75, 3.05) is 54.8 Å². The van der Waals surface area contributed by atoms with Gasteiger partial charge in [-0.15, -0.1) is 0 Å². The Kier molecular flexibility index (Phi) is 7.25. The van der Waals surface area contributed by atoms with Crippen LogP contribution >= 0.6 is 11.8 Å². The zero-order valence-corrected chi connectivity index (χ0v) is 22.2. The maximum Gasteiger partial charge on any atom is 0.233 e. The minimum atomic E-state index is 0.110. The van der Waals surface area contributed by atoms with Gasteiger partial charge in [0.15, 0.2) is 5.82 Å². The van der Waals surface area contributed by atoms with Crippen LogP contribution in [0.15, 0.2) is 35.4 Å². The lowest BCUT2D eigenvalue weighted by molar-refractivity contribution is -0.128. The van der Waals surface area contributed by atoms with Crippen LogP contribution in [0.3, 0.4) is 0 Å². The highest BCUT2D eigenvalue weighted by molar-refractivity contribution is 8.00. The number of hydrogen-bond donors (Lipinski definition) is 0. The third kappa shape index (κ3) is 5.54. The summed E-state index contributed by atoms with van der Waals surface area (Å²) in [6.45, 7) is 12.4. The summed E-state index contributed by atoms with van der Waals surface area (Å²) in [5.74, 6) is 2.03. The average molecular weight is 508 g/mol. The van der Waals surface area contributed by atoms with Gasteiger partial charge in [0.1, 0.15) is 5.03 Å². The molecule has 3 aromatic rings. The Morgan fingerprint density at radius 1 is 0.917 bits per heavy atom. The van der Waals surface area contributed by atoms with Gasteiger partial charge in [-0.2, -0.15) is 0 Å². The fourth-order valence-electron chi connectivity index (χ4n) is 4.85. The van der Waals surface area contributed by atoms with Crippen molar-refractivity contribution < 1.29 is 9.53 Å². The third-order valence-electron chi connectivity index (χ3n) is 6.46. The largest absolute Gasteiger partial charge is 0.372 e. The van der Waals surface area contributed by atoms with E-state index in [1.54, 1.807) is 0 Å². The molecule has 0 radical (unpaired) electrons.